The summed E-state index contributed by atoms with van der Waals surface area (Å²) in [5, 5.41) is 3.34. The number of benzene rings is 3. The molecule has 2 aromatic heterocycles. The number of hydrogen-bond acceptors (Lipinski definition) is 5. The molecule has 1 saturated carbocycles. The first-order valence-electron chi connectivity index (χ1n) is 13.3. The van der Waals surface area contributed by atoms with E-state index in [2.05, 4.69) is 15.3 Å². The number of ketones is 1. The molecule has 1 aliphatic carbocycles. The van der Waals surface area contributed by atoms with Gasteiger partial charge in [-0.05, 0) is 97.5 Å². The van der Waals surface area contributed by atoms with Crippen LogP contribution in [-0.4, -0.2) is 28.7 Å². The molecule has 1 fully saturated rings. The number of nitrogens with zero attached hydrogens (tertiary/aromatic N) is 2. The molecule has 2 heterocycles. The molecule has 0 aliphatic heterocycles. The van der Waals surface area contributed by atoms with Gasteiger partial charge in [-0.3, -0.25) is 9.59 Å². The highest BCUT2D eigenvalue weighted by Crippen LogP contribution is 2.51. The number of rotatable bonds is 7. The van der Waals surface area contributed by atoms with Crippen molar-refractivity contribution in [2.45, 2.75) is 38.5 Å². The van der Waals surface area contributed by atoms with Crippen LogP contribution in [0.25, 0.3) is 33.4 Å². The largest absolute Gasteiger partial charge is 0.455 e. The van der Waals surface area contributed by atoms with Crippen molar-refractivity contribution in [1.82, 2.24) is 15.3 Å². The molecule has 0 radical (unpaired) electrons. The molecule has 1 N–H and O–H groups in total. The highest BCUT2D eigenvalue weighted by atomic mass is 19.1. The van der Waals surface area contributed by atoms with Crippen molar-refractivity contribution in [3.63, 3.8) is 0 Å². The number of carbonyl (C=O) groups excluding carboxylic acids is 2. The number of furan rings is 1. The van der Waals surface area contributed by atoms with Crippen LogP contribution in [-0.2, 0) is 5.41 Å². The zero-order valence-electron chi connectivity index (χ0n) is 22.5. The van der Waals surface area contributed by atoms with Gasteiger partial charge in [0.25, 0.3) is 5.91 Å². The van der Waals surface area contributed by atoms with E-state index in [0.29, 0.717) is 39.8 Å². The summed E-state index contributed by atoms with van der Waals surface area (Å²) < 4.78 is 19.7. The van der Waals surface area contributed by atoms with Gasteiger partial charge in [-0.15, -0.1) is 0 Å². The Morgan fingerprint density at radius 2 is 1.73 bits per heavy atom. The van der Waals surface area contributed by atoms with Crippen LogP contribution in [0.5, 0.6) is 0 Å². The number of carbonyl (C=O) groups is 2. The lowest BCUT2D eigenvalue weighted by molar-refractivity contribution is 0.0958. The predicted molar refractivity (Wildman–Crippen MR) is 152 cm³/mol. The van der Waals surface area contributed by atoms with Crippen LogP contribution in [0.2, 0.25) is 0 Å². The third kappa shape index (κ3) is 4.47. The van der Waals surface area contributed by atoms with E-state index in [4.69, 9.17) is 4.42 Å². The second-order valence-corrected chi connectivity index (χ2v) is 10.6. The van der Waals surface area contributed by atoms with Crippen molar-refractivity contribution >= 4 is 22.7 Å². The fourth-order valence-corrected chi connectivity index (χ4v) is 5.57. The van der Waals surface area contributed by atoms with Crippen molar-refractivity contribution in [3.05, 3.63) is 107 Å². The quantitative estimate of drug-likeness (QED) is 0.228. The topological polar surface area (TPSA) is 85.1 Å². The standard InChI is InChI=1S/C33H28FN3O3/c1-19-14-20(2)25(27(38)17-33(11-12-33)29-10-13-36-18-37-29)16-24(19)22-6-9-28-26(15-22)30(32(39)35-3)31(40-28)21-4-7-23(34)8-5-21/h4-10,13-16,18H,11-12,17H2,1-3H3,(H,35,39). The smallest absolute Gasteiger partial charge is 0.255 e. The first-order valence-corrected chi connectivity index (χ1v) is 13.3. The monoisotopic (exact) mass is 533 g/mol. The minimum absolute atomic E-state index is 0.0869. The Morgan fingerprint density at radius 3 is 2.40 bits per heavy atom. The lowest BCUT2D eigenvalue weighted by Crippen LogP contribution is -2.18. The van der Waals surface area contributed by atoms with E-state index in [1.165, 1.54) is 18.5 Å². The van der Waals surface area contributed by atoms with E-state index >= 15 is 0 Å². The molecule has 1 amide bonds. The molecule has 0 atom stereocenters. The van der Waals surface area contributed by atoms with Crippen LogP contribution in [0.4, 0.5) is 4.39 Å². The fourth-order valence-electron chi connectivity index (χ4n) is 5.57. The summed E-state index contributed by atoms with van der Waals surface area (Å²) in [5.74, 6) is -0.203. The molecule has 6 rings (SSSR count). The van der Waals surface area contributed by atoms with E-state index in [-0.39, 0.29) is 22.9 Å². The van der Waals surface area contributed by atoms with Crippen LogP contribution >= 0.6 is 0 Å². The van der Waals surface area contributed by atoms with Crippen molar-refractivity contribution in [2.24, 2.45) is 0 Å². The maximum Gasteiger partial charge on any atom is 0.255 e. The summed E-state index contributed by atoms with van der Waals surface area (Å²) >= 11 is 0. The third-order valence-electron chi connectivity index (χ3n) is 7.91. The SMILES string of the molecule is CNC(=O)c1c(-c2ccc(F)cc2)oc2ccc(-c3cc(C(=O)CC4(c5ccncn5)CC4)c(C)cc3C)cc12. The molecule has 40 heavy (non-hydrogen) atoms. The van der Waals surface area contributed by atoms with Crippen LogP contribution in [0.15, 0.2) is 77.6 Å². The predicted octanol–water partition coefficient (Wildman–Crippen LogP) is 6.98. The Morgan fingerprint density at radius 1 is 0.975 bits per heavy atom. The number of aromatic nitrogens is 2. The Hall–Kier alpha value is -4.65. The van der Waals surface area contributed by atoms with Gasteiger partial charge in [0, 0.05) is 41.6 Å². The maximum absolute atomic E-state index is 13.6. The second-order valence-electron chi connectivity index (χ2n) is 10.6. The van der Waals surface area contributed by atoms with Gasteiger partial charge in [0.2, 0.25) is 0 Å². The van der Waals surface area contributed by atoms with Gasteiger partial charge < -0.3 is 9.73 Å². The van der Waals surface area contributed by atoms with E-state index in [1.54, 1.807) is 25.4 Å². The summed E-state index contributed by atoms with van der Waals surface area (Å²) in [6.07, 6.45) is 5.53. The Labute approximate surface area is 231 Å². The number of aryl methyl sites for hydroxylation is 2. The molecule has 0 spiro atoms. The summed E-state index contributed by atoms with van der Waals surface area (Å²) in [5.41, 5.74) is 6.66. The molecular weight excluding hydrogens is 505 g/mol. The van der Waals surface area contributed by atoms with Crippen LogP contribution in [0.3, 0.4) is 0 Å². The van der Waals surface area contributed by atoms with Gasteiger partial charge in [0.05, 0.1) is 11.3 Å². The van der Waals surface area contributed by atoms with Crippen molar-refractivity contribution in [1.29, 1.82) is 0 Å². The zero-order chi connectivity index (χ0) is 28.0. The molecule has 3 aromatic carbocycles. The highest BCUT2D eigenvalue weighted by molar-refractivity contribution is 6.12. The first-order chi connectivity index (χ1) is 19.3. The number of hydrogen-bond donors (Lipinski definition) is 1. The highest BCUT2D eigenvalue weighted by Gasteiger charge is 2.47. The number of amides is 1. The van der Waals surface area contributed by atoms with Gasteiger partial charge in [-0.1, -0.05) is 12.1 Å². The average Bonchev–Trinajstić information content (AvgIpc) is 3.64. The average molecular weight is 534 g/mol. The molecule has 5 aromatic rings. The van der Waals surface area contributed by atoms with Crippen molar-refractivity contribution < 1.29 is 18.4 Å². The zero-order valence-corrected chi connectivity index (χ0v) is 22.5. The number of Topliss-reactive ketones (excluding diaryl/α,β-unsaturated/α-hetero) is 1. The Balaban J connectivity index is 1.41. The van der Waals surface area contributed by atoms with Gasteiger partial charge >= 0.3 is 0 Å². The molecule has 200 valence electrons. The number of nitrogens with one attached hydrogen (secondary N) is 1. The molecule has 0 saturated heterocycles. The summed E-state index contributed by atoms with van der Waals surface area (Å²) in [4.78, 5) is 35.1. The van der Waals surface area contributed by atoms with Gasteiger partial charge in [-0.2, -0.15) is 0 Å². The van der Waals surface area contributed by atoms with Crippen LogP contribution in [0.1, 0.15) is 56.8 Å². The fraction of sp³-hybridized carbons (Fsp3) is 0.212. The third-order valence-corrected chi connectivity index (χ3v) is 7.91. The summed E-state index contributed by atoms with van der Waals surface area (Å²) in [7, 11) is 1.57. The lowest BCUT2D eigenvalue weighted by Gasteiger charge is -2.16. The lowest BCUT2D eigenvalue weighted by atomic mass is 9.87. The van der Waals surface area contributed by atoms with Gasteiger partial charge in [0.15, 0.2) is 5.78 Å². The summed E-state index contributed by atoms with van der Waals surface area (Å²) in [6.45, 7) is 3.98. The van der Waals surface area contributed by atoms with Crippen molar-refractivity contribution in [2.75, 3.05) is 7.05 Å². The molecule has 0 unspecified atom stereocenters. The van der Waals surface area contributed by atoms with Gasteiger partial charge in [0.1, 0.15) is 23.5 Å². The van der Waals surface area contributed by atoms with E-state index in [0.717, 1.165) is 40.8 Å². The van der Waals surface area contributed by atoms with Crippen molar-refractivity contribution in [3.8, 4) is 22.5 Å². The summed E-state index contributed by atoms with van der Waals surface area (Å²) in [6, 6.07) is 17.5. The Kier molecular flexibility index (Phi) is 6.29. The van der Waals surface area contributed by atoms with E-state index in [9.17, 15) is 14.0 Å². The Bertz CT molecular complexity index is 1770. The molecular formula is C33H28FN3O3. The van der Waals surface area contributed by atoms with E-state index in [1.807, 2.05) is 50.2 Å². The maximum atomic E-state index is 13.6. The minimum atomic E-state index is -0.367. The van der Waals surface area contributed by atoms with E-state index < -0.39 is 0 Å². The number of fused-ring (bicyclic) bond motifs is 1. The van der Waals surface area contributed by atoms with Gasteiger partial charge in [-0.25, -0.2) is 14.4 Å². The number of halogens is 1. The van der Waals surface area contributed by atoms with Crippen LogP contribution < -0.4 is 5.32 Å². The first kappa shape index (κ1) is 25.6. The molecule has 7 heteroatoms. The molecule has 0 bridgehead atoms. The molecule has 6 nitrogen and oxygen atoms in total. The second kappa shape index (κ2) is 9.83. The normalized spacial score (nSPS) is 13.8. The minimum Gasteiger partial charge on any atom is -0.455 e. The van der Waals surface area contributed by atoms with Crippen LogP contribution in [0, 0.1) is 19.7 Å². The molecule has 1 aliphatic rings.